The Morgan fingerprint density at radius 3 is 1.45 bits per heavy atom. The fraction of sp³-hybridized carbons (Fsp3) is 0.280. The zero-order valence-corrected chi connectivity index (χ0v) is 16.9. The van der Waals surface area contributed by atoms with E-state index in [1.54, 1.807) is 0 Å². The van der Waals surface area contributed by atoms with E-state index in [0.717, 1.165) is 16.7 Å². The van der Waals surface area contributed by atoms with Crippen LogP contribution in [0.25, 0.3) is 0 Å². The van der Waals surface area contributed by atoms with Crippen molar-refractivity contribution >= 4 is 0 Å². The molecule has 0 bridgehead atoms. The van der Waals surface area contributed by atoms with Gasteiger partial charge in [-0.2, -0.15) is 0 Å². The third-order valence-electron chi connectivity index (χ3n) is 5.69. The number of aliphatic hydroxyl groups is 4. The molecular weight excluding hydrogens is 396 g/mol. The molecule has 0 spiro atoms. The van der Waals surface area contributed by atoms with Crippen LogP contribution in [0.5, 0.6) is 0 Å². The van der Waals surface area contributed by atoms with Crippen LogP contribution in [-0.2, 0) is 15.1 Å². The van der Waals surface area contributed by atoms with Crippen LogP contribution in [0.2, 0.25) is 0 Å². The van der Waals surface area contributed by atoms with Crippen molar-refractivity contribution in [2.24, 2.45) is 0 Å². The molecule has 0 aliphatic carbocycles. The Labute approximate surface area is 180 Å². The normalized spacial score (nSPS) is 26.5. The van der Waals surface area contributed by atoms with Gasteiger partial charge >= 0.3 is 0 Å². The molecule has 4 rings (SSSR count). The monoisotopic (exact) mass is 422 g/mol. The van der Waals surface area contributed by atoms with Gasteiger partial charge in [0.25, 0.3) is 0 Å². The predicted octanol–water partition coefficient (Wildman–Crippen LogP) is 1.79. The van der Waals surface area contributed by atoms with Gasteiger partial charge in [-0.15, -0.1) is 0 Å². The van der Waals surface area contributed by atoms with Gasteiger partial charge in [0.15, 0.2) is 6.29 Å². The summed E-state index contributed by atoms with van der Waals surface area (Å²) >= 11 is 0. The molecule has 1 heterocycles. The highest BCUT2D eigenvalue weighted by atomic mass is 16.6. The Hall–Kier alpha value is -2.58. The Bertz CT molecular complexity index is 853. The van der Waals surface area contributed by atoms with Crippen molar-refractivity contribution in [1.29, 1.82) is 0 Å². The summed E-state index contributed by atoms with van der Waals surface area (Å²) < 4.78 is 11.9. The number of ether oxygens (including phenoxy) is 2. The summed E-state index contributed by atoms with van der Waals surface area (Å²) in [7, 11) is 0. The summed E-state index contributed by atoms with van der Waals surface area (Å²) in [4.78, 5) is 0. The van der Waals surface area contributed by atoms with Crippen LogP contribution in [0, 0.1) is 0 Å². The van der Waals surface area contributed by atoms with Crippen molar-refractivity contribution in [2.75, 3.05) is 6.61 Å². The summed E-state index contributed by atoms with van der Waals surface area (Å²) in [5.74, 6) is 0. The van der Waals surface area contributed by atoms with E-state index in [2.05, 4.69) is 0 Å². The van der Waals surface area contributed by atoms with E-state index in [-0.39, 0.29) is 6.61 Å². The molecular formula is C25H26O6. The molecule has 3 aromatic carbocycles. The van der Waals surface area contributed by atoms with E-state index >= 15 is 0 Å². The lowest BCUT2D eigenvalue weighted by Crippen LogP contribution is -2.59. The Morgan fingerprint density at radius 2 is 1.03 bits per heavy atom. The van der Waals surface area contributed by atoms with E-state index in [1.165, 1.54) is 0 Å². The highest BCUT2D eigenvalue weighted by molar-refractivity contribution is 5.47. The molecule has 0 radical (unpaired) electrons. The van der Waals surface area contributed by atoms with Crippen LogP contribution < -0.4 is 0 Å². The maximum absolute atomic E-state index is 10.4. The average Bonchev–Trinajstić information content (AvgIpc) is 2.83. The fourth-order valence-corrected chi connectivity index (χ4v) is 4.04. The van der Waals surface area contributed by atoms with Crippen molar-refractivity contribution in [3.05, 3.63) is 108 Å². The maximum Gasteiger partial charge on any atom is 0.184 e. The van der Waals surface area contributed by atoms with Gasteiger partial charge in [-0.1, -0.05) is 91.0 Å². The van der Waals surface area contributed by atoms with Crippen LogP contribution in [-0.4, -0.2) is 57.7 Å². The van der Waals surface area contributed by atoms with Crippen molar-refractivity contribution in [1.82, 2.24) is 0 Å². The Morgan fingerprint density at radius 1 is 0.613 bits per heavy atom. The summed E-state index contributed by atoms with van der Waals surface area (Å²) in [6, 6.07) is 29.1. The second-order valence-electron chi connectivity index (χ2n) is 7.63. The van der Waals surface area contributed by atoms with E-state index in [9.17, 15) is 20.4 Å². The van der Waals surface area contributed by atoms with Crippen LogP contribution >= 0.6 is 0 Å². The van der Waals surface area contributed by atoms with Gasteiger partial charge in [-0.25, -0.2) is 0 Å². The van der Waals surface area contributed by atoms with E-state index in [0.29, 0.717) is 0 Å². The van der Waals surface area contributed by atoms with Crippen molar-refractivity contribution in [3.63, 3.8) is 0 Å². The largest absolute Gasteiger partial charge is 0.387 e. The zero-order chi connectivity index (χ0) is 21.8. The number of hydrogen-bond donors (Lipinski definition) is 4. The standard InChI is InChI=1S/C25H26O6/c26-21-20(31-24(29)23(28)22(21)27)16-30-25(17-10-4-1-5-11-17,18-12-6-2-7-13-18)19-14-8-3-9-15-19/h1-15,20-24,26-29H,16H2/t20-,21+,22+,23+,24-/m0/s1. The van der Waals surface area contributed by atoms with Gasteiger partial charge in [0.05, 0.1) is 6.61 Å². The van der Waals surface area contributed by atoms with Gasteiger partial charge in [0.2, 0.25) is 0 Å². The fourth-order valence-electron chi connectivity index (χ4n) is 4.04. The average molecular weight is 422 g/mol. The third kappa shape index (κ3) is 4.14. The second-order valence-corrected chi connectivity index (χ2v) is 7.63. The minimum absolute atomic E-state index is 0.138. The third-order valence-corrected chi connectivity index (χ3v) is 5.69. The van der Waals surface area contributed by atoms with Crippen LogP contribution in [0.1, 0.15) is 16.7 Å². The van der Waals surface area contributed by atoms with E-state index in [4.69, 9.17) is 9.47 Å². The summed E-state index contributed by atoms with van der Waals surface area (Å²) in [5.41, 5.74) is 1.59. The molecule has 31 heavy (non-hydrogen) atoms. The molecule has 3 aromatic rings. The quantitative estimate of drug-likeness (QED) is 0.452. The summed E-state index contributed by atoms with van der Waals surface area (Å²) in [6.07, 6.45) is -7.21. The van der Waals surface area contributed by atoms with Gasteiger partial charge in [-0.3, -0.25) is 0 Å². The molecule has 4 N–H and O–H groups in total. The number of aliphatic hydroxyl groups excluding tert-OH is 4. The molecule has 0 saturated carbocycles. The SMILES string of the molecule is O[C@H]1[C@@H](O)[C@@H](O)O[C@@H](COC(c2ccccc2)(c2ccccc2)c2ccccc2)[C@H]1O. The van der Waals surface area contributed by atoms with Crippen LogP contribution in [0.3, 0.4) is 0 Å². The summed E-state index contributed by atoms with van der Waals surface area (Å²) in [6.45, 7) is -0.138. The first-order valence-electron chi connectivity index (χ1n) is 10.2. The minimum atomic E-state index is -1.62. The molecule has 1 fully saturated rings. The van der Waals surface area contributed by atoms with Gasteiger partial charge in [-0.05, 0) is 16.7 Å². The molecule has 1 aliphatic rings. The van der Waals surface area contributed by atoms with Crippen molar-refractivity contribution in [2.45, 2.75) is 36.3 Å². The first-order valence-corrected chi connectivity index (χ1v) is 10.2. The molecule has 5 atom stereocenters. The summed E-state index contributed by atoms with van der Waals surface area (Å²) in [5, 5.41) is 40.2. The molecule has 0 amide bonds. The van der Waals surface area contributed by atoms with Crippen LogP contribution in [0.4, 0.5) is 0 Å². The first-order chi connectivity index (χ1) is 15.0. The molecule has 1 aliphatic heterocycles. The first kappa shape index (κ1) is 21.6. The smallest absolute Gasteiger partial charge is 0.184 e. The maximum atomic E-state index is 10.4. The minimum Gasteiger partial charge on any atom is -0.387 e. The lowest BCUT2D eigenvalue weighted by Gasteiger charge is -2.41. The van der Waals surface area contributed by atoms with Gasteiger partial charge in [0.1, 0.15) is 30.0 Å². The van der Waals surface area contributed by atoms with Gasteiger partial charge < -0.3 is 29.9 Å². The molecule has 1 saturated heterocycles. The molecule has 6 heteroatoms. The van der Waals surface area contributed by atoms with Crippen LogP contribution in [0.15, 0.2) is 91.0 Å². The lowest BCUT2D eigenvalue weighted by atomic mass is 9.80. The molecule has 0 unspecified atom stereocenters. The molecule has 6 nitrogen and oxygen atoms in total. The topological polar surface area (TPSA) is 99.4 Å². The Kier molecular flexibility index (Phi) is 6.48. The number of benzene rings is 3. The Balaban J connectivity index is 1.78. The molecule has 162 valence electrons. The number of hydrogen-bond acceptors (Lipinski definition) is 6. The second kappa shape index (κ2) is 9.28. The number of rotatable bonds is 6. The van der Waals surface area contributed by atoms with Crippen molar-refractivity contribution in [3.8, 4) is 0 Å². The van der Waals surface area contributed by atoms with Gasteiger partial charge in [0, 0.05) is 0 Å². The highest BCUT2D eigenvalue weighted by Gasteiger charge is 2.45. The zero-order valence-electron chi connectivity index (χ0n) is 16.9. The van der Waals surface area contributed by atoms with E-state index < -0.39 is 36.3 Å². The highest BCUT2D eigenvalue weighted by Crippen LogP contribution is 2.41. The van der Waals surface area contributed by atoms with E-state index in [1.807, 2.05) is 91.0 Å². The molecule has 0 aromatic heterocycles. The van der Waals surface area contributed by atoms with Crippen molar-refractivity contribution < 1.29 is 29.9 Å². The predicted molar refractivity (Wildman–Crippen MR) is 114 cm³/mol. The lowest BCUT2D eigenvalue weighted by molar-refractivity contribution is -0.291.